The lowest BCUT2D eigenvalue weighted by molar-refractivity contribution is -0.120. The van der Waals surface area contributed by atoms with Crippen molar-refractivity contribution in [3.05, 3.63) is 66.2 Å². The quantitative estimate of drug-likeness (QED) is 0.566. The highest BCUT2D eigenvalue weighted by atomic mass is 16.5. The van der Waals surface area contributed by atoms with Gasteiger partial charge in [0.1, 0.15) is 0 Å². The topological polar surface area (TPSA) is 84.1 Å². The molecule has 6 heteroatoms. The molecule has 3 heterocycles. The minimum Gasteiger partial charge on any atom is -0.461 e. The Labute approximate surface area is 143 Å². The molecule has 6 nitrogen and oxygen atoms in total. The van der Waals surface area contributed by atoms with Crippen LogP contribution in [0.25, 0.3) is 22.4 Å². The number of fused-ring (bicyclic) bond motifs is 1. The third-order valence-electron chi connectivity index (χ3n) is 4.06. The van der Waals surface area contributed by atoms with Gasteiger partial charge in [0.05, 0.1) is 18.4 Å². The number of para-hydroxylation sites is 1. The Bertz CT molecular complexity index is 982. The molecule has 4 rings (SSSR count). The number of amides is 1. The first kappa shape index (κ1) is 15.3. The van der Waals surface area contributed by atoms with E-state index in [0.717, 1.165) is 11.9 Å². The summed E-state index contributed by atoms with van der Waals surface area (Å²) in [5, 5.41) is 8.02. The third-order valence-corrected chi connectivity index (χ3v) is 4.06. The molecule has 0 saturated heterocycles. The molecule has 0 fully saturated rings. The number of nitrogens with zero attached hydrogens (tertiary/aromatic N) is 1. The maximum Gasteiger partial charge on any atom is 0.226 e. The number of carbonyl (C=O) groups is 1. The molecule has 3 aromatic heterocycles. The van der Waals surface area contributed by atoms with Crippen LogP contribution in [-0.2, 0) is 17.6 Å². The van der Waals surface area contributed by atoms with E-state index in [2.05, 4.69) is 21.5 Å². The second-order valence-electron chi connectivity index (χ2n) is 5.80. The van der Waals surface area contributed by atoms with Crippen LogP contribution >= 0.6 is 0 Å². The molecule has 0 spiro atoms. The van der Waals surface area contributed by atoms with Gasteiger partial charge in [0.25, 0.3) is 0 Å². The Kier molecular flexibility index (Phi) is 4.08. The summed E-state index contributed by atoms with van der Waals surface area (Å²) < 4.78 is 10.4. The molecule has 0 aliphatic heterocycles. The second kappa shape index (κ2) is 6.68. The number of hydrogen-bond acceptors (Lipinski definition) is 4. The summed E-state index contributed by atoms with van der Waals surface area (Å²) >= 11 is 0. The summed E-state index contributed by atoms with van der Waals surface area (Å²) in [6, 6.07) is 13.4. The molecule has 0 aliphatic carbocycles. The molecular formula is C19H17N3O3. The maximum absolute atomic E-state index is 12.1. The monoisotopic (exact) mass is 335 g/mol. The molecule has 126 valence electrons. The van der Waals surface area contributed by atoms with E-state index in [-0.39, 0.29) is 12.3 Å². The number of hydrogen-bond donors (Lipinski definition) is 2. The van der Waals surface area contributed by atoms with Gasteiger partial charge in [-0.1, -0.05) is 23.4 Å². The van der Waals surface area contributed by atoms with E-state index in [9.17, 15) is 4.79 Å². The Balaban J connectivity index is 1.31. The van der Waals surface area contributed by atoms with E-state index < -0.39 is 0 Å². The molecule has 1 aromatic carbocycles. The van der Waals surface area contributed by atoms with Gasteiger partial charge in [-0.15, -0.1) is 0 Å². The first-order chi connectivity index (χ1) is 12.3. The van der Waals surface area contributed by atoms with Crippen LogP contribution in [0.5, 0.6) is 0 Å². The highest BCUT2D eigenvalue weighted by Crippen LogP contribution is 2.21. The third kappa shape index (κ3) is 3.33. The fourth-order valence-electron chi connectivity index (χ4n) is 2.83. The summed E-state index contributed by atoms with van der Waals surface area (Å²) in [5.41, 5.74) is 2.88. The van der Waals surface area contributed by atoms with Crippen LogP contribution in [-0.4, -0.2) is 22.6 Å². The van der Waals surface area contributed by atoms with E-state index in [1.165, 1.54) is 10.9 Å². The molecule has 0 unspecified atom stereocenters. The van der Waals surface area contributed by atoms with E-state index in [1.807, 2.05) is 24.4 Å². The Morgan fingerprint density at radius 1 is 1.16 bits per heavy atom. The molecule has 4 aromatic rings. The van der Waals surface area contributed by atoms with Crippen molar-refractivity contribution in [2.24, 2.45) is 0 Å². The predicted molar refractivity (Wildman–Crippen MR) is 92.9 cm³/mol. The molecule has 25 heavy (non-hydrogen) atoms. The largest absolute Gasteiger partial charge is 0.461 e. The average molecular weight is 335 g/mol. The number of nitrogens with one attached hydrogen (secondary N) is 2. The van der Waals surface area contributed by atoms with Gasteiger partial charge in [0.2, 0.25) is 11.7 Å². The number of furan rings is 1. The molecule has 2 N–H and O–H groups in total. The summed E-state index contributed by atoms with van der Waals surface area (Å²) in [7, 11) is 0. The lowest BCUT2D eigenvalue weighted by Gasteiger charge is -2.03. The number of benzene rings is 1. The predicted octanol–water partition coefficient (Wildman–Crippen LogP) is 3.32. The van der Waals surface area contributed by atoms with Crippen molar-refractivity contribution in [1.82, 2.24) is 15.5 Å². The first-order valence-corrected chi connectivity index (χ1v) is 8.11. The van der Waals surface area contributed by atoms with Gasteiger partial charge >= 0.3 is 0 Å². The summed E-state index contributed by atoms with van der Waals surface area (Å²) in [6.07, 6.45) is 4.50. The lowest BCUT2D eigenvalue weighted by Crippen LogP contribution is -2.27. The van der Waals surface area contributed by atoms with E-state index in [4.69, 9.17) is 8.94 Å². The van der Waals surface area contributed by atoms with Crippen molar-refractivity contribution < 1.29 is 13.7 Å². The molecule has 0 saturated carbocycles. The van der Waals surface area contributed by atoms with Gasteiger partial charge in [0.15, 0.2) is 5.76 Å². The molecule has 0 atom stereocenters. The number of rotatable bonds is 6. The standard InChI is InChI=1S/C19H17N3O3/c23-19(11-14-10-18(25-22-14)17-6-3-9-24-17)20-8-7-13-12-21-16-5-2-1-4-15(13)16/h1-6,9-10,12,21H,7-8,11H2,(H,20,23). The summed E-state index contributed by atoms with van der Waals surface area (Å²) in [5.74, 6) is 1.03. The first-order valence-electron chi connectivity index (χ1n) is 8.11. The van der Waals surface area contributed by atoms with Crippen molar-refractivity contribution in [2.45, 2.75) is 12.8 Å². The fourth-order valence-corrected chi connectivity index (χ4v) is 2.83. The van der Waals surface area contributed by atoms with Gasteiger partial charge in [-0.25, -0.2) is 0 Å². The highest BCUT2D eigenvalue weighted by molar-refractivity contribution is 5.83. The zero-order valence-corrected chi connectivity index (χ0v) is 13.5. The zero-order chi connectivity index (χ0) is 17.1. The van der Waals surface area contributed by atoms with Crippen LogP contribution in [0.15, 0.2) is 63.9 Å². The van der Waals surface area contributed by atoms with Gasteiger partial charge in [-0.05, 0) is 30.2 Å². The minimum absolute atomic E-state index is 0.0841. The lowest BCUT2D eigenvalue weighted by atomic mass is 10.1. The normalized spacial score (nSPS) is 11.0. The molecule has 0 aliphatic rings. The van der Waals surface area contributed by atoms with E-state index in [1.54, 1.807) is 24.5 Å². The van der Waals surface area contributed by atoms with Crippen LogP contribution in [0.2, 0.25) is 0 Å². The number of H-pyrrole nitrogens is 1. The smallest absolute Gasteiger partial charge is 0.226 e. The van der Waals surface area contributed by atoms with Gasteiger partial charge < -0.3 is 19.2 Å². The van der Waals surface area contributed by atoms with Crippen LogP contribution in [0, 0.1) is 0 Å². The molecular weight excluding hydrogens is 318 g/mol. The summed E-state index contributed by atoms with van der Waals surface area (Å²) in [4.78, 5) is 15.3. The van der Waals surface area contributed by atoms with Gasteiger partial charge in [-0.2, -0.15) is 0 Å². The van der Waals surface area contributed by atoms with Crippen molar-refractivity contribution in [1.29, 1.82) is 0 Å². The maximum atomic E-state index is 12.1. The number of aromatic amines is 1. The van der Waals surface area contributed by atoms with Crippen molar-refractivity contribution in [3.63, 3.8) is 0 Å². The Hall–Kier alpha value is -3.28. The van der Waals surface area contributed by atoms with Crippen LogP contribution in [0.3, 0.4) is 0 Å². The highest BCUT2D eigenvalue weighted by Gasteiger charge is 2.12. The molecule has 0 radical (unpaired) electrons. The van der Waals surface area contributed by atoms with Crippen molar-refractivity contribution in [3.8, 4) is 11.5 Å². The van der Waals surface area contributed by atoms with Gasteiger partial charge in [-0.3, -0.25) is 4.79 Å². The van der Waals surface area contributed by atoms with Crippen LogP contribution in [0.1, 0.15) is 11.3 Å². The Morgan fingerprint density at radius 2 is 2.08 bits per heavy atom. The SMILES string of the molecule is O=C(Cc1cc(-c2ccco2)on1)NCCc1c[nH]c2ccccc12. The fraction of sp³-hybridized carbons (Fsp3) is 0.158. The van der Waals surface area contributed by atoms with Crippen LogP contribution in [0.4, 0.5) is 0 Å². The van der Waals surface area contributed by atoms with Crippen molar-refractivity contribution in [2.75, 3.05) is 6.54 Å². The average Bonchev–Trinajstić information content (AvgIpc) is 3.35. The molecule has 0 bridgehead atoms. The van der Waals surface area contributed by atoms with Gasteiger partial charge in [0, 0.05) is 29.7 Å². The van der Waals surface area contributed by atoms with E-state index in [0.29, 0.717) is 23.8 Å². The number of aromatic nitrogens is 2. The molecule has 1 amide bonds. The second-order valence-corrected chi connectivity index (χ2v) is 5.80. The van der Waals surface area contributed by atoms with Crippen LogP contribution < -0.4 is 5.32 Å². The van der Waals surface area contributed by atoms with E-state index >= 15 is 0 Å². The Morgan fingerprint density at radius 3 is 2.96 bits per heavy atom. The van der Waals surface area contributed by atoms with Crippen molar-refractivity contribution >= 4 is 16.8 Å². The zero-order valence-electron chi connectivity index (χ0n) is 13.5. The number of carbonyl (C=O) groups excluding carboxylic acids is 1. The minimum atomic E-state index is -0.0841. The summed E-state index contributed by atoms with van der Waals surface area (Å²) in [6.45, 7) is 0.573.